The van der Waals surface area contributed by atoms with Gasteiger partial charge in [0.1, 0.15) is 5.75 Å². The van der Waals surface area contributed by atoms with Gasteiger partial charge in [-0.1, -0.05) is 57.9 Å². The standard InChI is InChI=1S/C23H17BrClN3O4/c1-14-6-2-5-9-19(14)27-21(29)22(30)28-26-13-15-12-16(24)10-11-20(15)32-23(31)17-7-3-4-8-18(17)25/h2-13H,1H3,(H,27,29)(H,28,30)/b26-13-. The van der Waals surface area contributed by atoms with Gasteiger partial charge in [-0.3, -0.25) is 9.59 Å². The van der Waals surface area contributed by atoms with Gasteiger partial charge in [0.15, 0.2) is 0 Å². The lowest BCUT2D eigenvalue weighted by Crippen LogP contribution is -2.32. The Labute approximate surface area is 197 Å². The molecule has 0 bridgehead atoms. The molecule has 0 saturated carbocycles. The van der Waals surface area contributed by atoms with Crippen LogP contribution in [-0.4, -0.2) is 24.0 Å². The van der Waals surface area contributed by atoms with Crippen molar-refractivity contribution in [3.63, 3.8) is 0 Å². The Morgan fingerprint density at radius 1 is 1.00 bits per heavy atom. The highest BCUT2D eigenvalue weighted by Crippen LogP contribution is 2.24. The van der Waals surface area contributed by atoms with Crippen LogP contribution in [0.4, 0.5) is 5.69 Å². The van der Waals surface area contributed by atoms with Gasteiger partial charge >= 0.3 is 17.8 Å². The molecule has 9 heteroatoms. The van der Waals surface area contributed by atoms with Crippen molar-refractivity contribution in [2.75, 3.05) is 5.32 Å². The smallest absolute Gasteiger partial charge is 0.345 e. The van der Waals surface area contributed by atoms with E-state index in [-0.39, 0.29) is 16.3 Å². The predicted molar refractivity (Wildman–Crippen MR) is 126 cm³/mol. The second-order valence-electron chi connectivity index (χ2n) is 6.52. The molecule has 2 amide bonds. The molecule has 0 heterocycles. The predicted octanol–water partition coefficient (Wildman–Crippen LogP) is 4.72. The molecule has 32 heavy (non-hydrogen) atoms. The molecule has 3 rings (SSSR count). The molecule has 0 fully saturated rings. The van der Waals surface area contributed by atoms with Gasteiger partial charge in [0.05, 0.1) is 16.8 Å². The summed E-state index contributed by atoms with van der Waals surface area (Å²) in [5, 5.41) is 6.58. The molecule has 3 aromatic rings. The van der Waals surface area contributed by atoms with E-state index in [1.54, 1.807) is 54.6 Å². The van der Waals surface area contributed by atoms with Crippen LogP contribution in [0.2, 0.25) is 5.02 Å². The van der Waals surface area contributed by atoms with Crippen molar-refractivity contribution in [3.05, 3.63) is 92.9 Å². The van der Waals surface area contributed by atoms with E-state index < -0.39 is 17.8 Å². The number of carbonyl (C=O) groups is 3. The molecular formula is C23H17BrClN3O4. The van der Waals surface area contributed by atoms with Gasteiger partial charge < -0.3 is 10.1 Å². The van der Waals surface area contributed by atoms with E-state index in [4.69, 9.17) is 16.3 Å². The van der Waals surface area contributed by atoms with Gasteiger partial charge in [0, 0.05) is 15.7 Å². The van der Waals surface area contributed by atoms with Crippen molar-refractivity contribution in [1.29, 1.82) is 0 Å². The van der Waals surface area contributed by atoms with E-state index in [0.717, 1.165) is 5.56 Å². The maximum absolute atomic E-state index is 12.5. The zero-order chi connectivity index (χ0) is 23.1. The molecule has 0 radical (unpaired) electrons. The SMILES string of the molecule is Cc1ccccc1NC(=O)C(=O)N/N=C\c1cc(Br)ccc1OC(=O)c1ccccc1Cl. The zero-order valence-corrected chi connectivity index (χ0v) is 19.1. The van der Waals surface area contributed by atoms with Gasteiger partial charge in [0.25, 0.3) is 0 Å². The minimum Gasteiger partial charge on any atom is -0.422 e. The first-order chi connectivity index (χ1) is 15.3. The molecule has 0 aliphatic carbocycles. The van der Waals surface area contributed by atoms with E-state index >= 15 is 0 Å². The highest BCUT2D eigenvalue weighted by atomic mass is 79.9. The summed E-state index contributed by atoms with van der Waals surface area (Å²) < 4.78 is 6.13. The van der Waals surface area contributed by atoms with Crippen molar-refractivity contribution in [1.82, 2.24) is 5.43 Å². The Bertz CT molecular complexity index is 1210. The minimum absolute atomic E-state index is 0.195. The molecule has 0 aliphatic rings. The topological polar surface area (TPSA) is 96.9 Å². The second-order valence-corrected chi connectivity index (χ2v) is 7.84. The number of carbonyl (C=O) groups excluding carboxylic acids is 3. The number of ether oxygens (including phenoxy) is 1. The number of aryl methyl sites for hydroxylation is 1. The maximum Gasteiger partial charge on any atom is 0.345 e. The number of hydrazone groups is 1. The first kappa shape index (κ1) is 23.2. The Hall–Kier alpha value is -3.49. The third-order valence-electron chi connectivity index (χ3n) is 4.24. The van der Waals surface area contributed by atoms with E-state index in [2.05, 4.69) is 31.8 Å². The van der Waals surface area contributed by atoms with E-state index in [9.17, 15) is 14.4 Å². The van der Waals surface area contributed by atoms with Crippen molar-refractivity contribution in [2.45, 2.75) is 6.92 Å². The van der Waals surface area contributed by atoms with E-state index in [1.807, 2.05) is 19.1 Å². The molecule has 0 aromatic heterocycles. The summed E-state index contributed by atoms with van der Waals surface area (Å²) >= 11 is 9.38. The third-order valence-corrected chi connectivity index (χ3v) is 5.06. The molecule has 0 unspecified atom stereocenters. The summed E-state index contributed by atoms with van der Waals surface area (Å²) in [5.41, 5.74) is 4.09. The number of halogens is 2. The fourth-order valence-corrected chi connectivity index (χ4v) is 3.19. The Morgan fingerprint density at radius 3 is 2.47 bits per heavy atom. The van der Waals surface area contributed by atoms with E-state index in [1.165, 1.54) is 6.21 Å². The van der Waals surface area contributed by atoms with Crippen LogP contribution >= 0.6 is 27.5 Å². The van der Waals surface area contributed by atoms with Crippen molar-refractivity contribution >= 4 is 57.2 Å². The minimum atomic E-state index is -0.950. The molecule has 0 atom stereocenters. The Balaban J connectivity index is 1.69. The fourth-order valence-electron chi connectivity index (χ4n) is 2.60. The number of nitrogens with zero attached hydrogens (tertiary/aromatic N) is 1. The molecule has 2 N–H and O–H groups in total. The van der Waals surface area contributed by atoms with Crippen LogP contribution in [0, 0.1) is 6.92 Å². The highest BCUT2D eigenvalue weighted by molar-refractivity contribution is 9.10. The van der Waals surface area contributed by atoms with Gasteiger partial charge in [0.2, 0.25) is 0 Å². The lowest BCUT2D eigenvalue weighted by Gasteiger charge is -2.09. The number of para-hydroxylation sites is 1. The second kappa shape index (κ2) is 10.7. The van der Waals surface area contributed by atoms with Crippen LogP contribution in [0.25, 0.3) is 0 Å². The largest absolute Gasteiger partial charge is 0.422 e. The van der Waals surface area contributed by atoms with Crippen molar-refractivity contribution in [2.24, 2.45) is 5.10 Å². The fraction of sp³-hybridized carbons (Fsp3) is 0.0435. The summed E-state index contributed by atoms with van der Waals surface area (Å²) in [4.78, 5) is 36.6. The van der Waals surface area contributed by atoms with Gasteiger partial charge in [-0.25, -0.2) is 10.2 Å². The molecule has 0 saturated heterocycles. The molecular weight excluding hydrogens is 498 g/mol. The molecule has 162 valence electrons. The lowest BCUT2D eigenvalue weighted by atomic mass is 10.2. The lowest BCUT2D eigenvalue weighted by molar-refractivity contribution is -0.136. The number of hydrogen-bond acceptors (Lipinski definition) is 5. The summed E-state index contributed by atoms with van der Waals surface area (Å²) in [5.74, 6) is -2.26. The van der Waals surface area contributed by atoms with Crippen LogP contribution in [0.5, 0.6) is 5.75 Å². The van der Waals surface area contributed by atoms with Crippen LogP contribution in [-0.2, 0) is 9.59 Å². The van der Waals surface area contributed by atoms with Crippen LogP contribution in [0.3, 0.4) is 0 Å². The third kappa shape index (κ3) is 6.03. The number of benzene rings is 3. The Kier molecular flexibility index (Phi) is 7.75. The summed E-state index contributed by atoms with van der Waals surface area (Å²) in [7, 11) is 0. The Morgan fingerprint density at radius 2 is 1.72 bits per heavy atom. The van der Waals surface area contributed by atoms with Crippen molar-refractivity contribution in [3.8, 4) is 5.75 Å². The van der Waals surface area contributed by atoms with Gasteiger partial charge in [-0.05, 0) is 48.9 Å². The molecule has 0 aliphatic heterocycles. The van der Waals surface area contributed by atoms with Crippen LogP contribution in [0.1, 0.15) is 21.5 Å². The summed E-state index contributed by atoms with van der Waals surface area (Å²) in [6.45, 7) is 1.81. The summed E-state index contributed by atoms with van der Waals surface area (Å²) in [6.07, 6.45) is 1.26. The monoisotopic (exact) mass is 513 g/mol. The van der Waals surface area contributed by atoms with Gasteiger partial charge in [-0.15, -0.1) is 0 Å². The average molecular weight is 515 g/mol. The number of anilines is 1. The molecule has 0 spiro atoms. The number of hydrogen-bond donors (Lipinski definition) is 2. The molecule has 3 aromatic carbocycles. The van der Waals surface area contributed by atoms with E-state index in [0.29, 0.717) is 15.7 Å². The van der Waals surface area contributed by atoms with Crippen LogP contribution < -0.4 is 15.5 Å². The van der Waals surface area contributed by atoms with Gasteiger partial charge in [-0.2, -0.15) is 5.10 Å². The van der Waals surface area contributed by atoms with Crippen molar-refractivity contribution < 1.29 is 19.1 Å². The number of amides is 2. The first-order valence-electron chi connectivity index (χ1n) is 9.31. The average Bonchev–Trinajstić information content (AvgIpc) is 2.77. The summed E-state index contributed by atoms with van der Waals surface area (Å²) in [6, 6.07) is 18.4. The number of nitrogens with one attached hydrogen (secondary N) is 2. The quantitative estimate of drug-likeness (QED) is 0.169. The maximum atomic E-state index is 12.5. The normalized spacial score (nSPS) is 10.6. The number of esters is 1. The number of rotatable bonds is 5. The zero-order valence-electron chi connectivity index (χ0n) is 16.8. The first-order valence-corrected chi connectivity index (χ1v) is 10.5. The highest BCUT2D eigenvalue weighted by Gasteiger charge is 2.16. The molecule has 7 nitrogen and oxygen atoms in total. The van der Waals surface area contributed by atoms with Crippen LogP contribution in [0.15, 0.2) is 76.3 Å².